The molecule has 0 amide bonds. The molecule has 0 spiro atoms. The minimum Gasteiger partial charge on any atom is -0.372 e. The molecule has 106 valence electrons. The largest absolute Gasteiger partial charge is 0.372 e. The van der Waals surface area contributed by atoms with Crippen molar-refractivity contribution in [1.29, 1.82) is 0 Å². The van der Waals surface area contributed by atoms with Crippen LogP contribution in [0.3, 0.4) is 0 Å². The Labute approximate surface area is 122 Å². The van der Waals surface area contributed by atoms with E-state index in [0.29, 0.717) is 10.4 Å². The molecule has 0 aliphatic heterocycles. The van der Waals surface area contributed by atoms with Gasteiger partial charge in [0.2, 0.25) is 0 Å². The zero-order chi connectivity index (χ0) is 13.8. The molecular weight excluding hydrogens is 308 g/mol. The molecule has 1 N–H and O–H groups in total. The third-order valence-electron chi connectivity index (χ3n) is 3.43. The first-order valence-electron chi connectivity index (χ1n) is 6.75. The minimum atomic E-state index is -0.0233. The van der Waals surface area contributed by atoms with Crippen LogP contribution in [0.1, 0.15) is 19.3 Å². The van der Waals surface area contributed by atoms with Gasteiger partial charge in [-0.2, -0.15) is 5.10 Å². The van der Waals surface area contributed by atoms with E-state index in [9.17, 15) is 4.79 Å². The molecule has 1 aliphatic carbocycles. The van der Waals surface area contributed by atoms with Crippen molar-refractivity contribution in [2.24, 2.45) is 5.92 Å². The Hall–Kier alpha value is -0.880. The molecular formula is C13H21BrN4O. The van der Waals surface area contributed by atoms with E-state index in [1.54, 1.807) is 10.9 Å². The highest BCUT2D eigenvalue weighted by molar-refractivity contribution is 9.10. The number of nitrogens with zero attached hydrogens (tertiary/aromatic N) is 3. The zero-order valence-electron chi connectivity index (χ0n) is 11.5. The lowest BCUT2D eigenvalue weighted by molar-refractivity contribution is 0.530. The predicted octanol–water partition coefficient (Wildman–Crippen LogP) is 1.46. The monoisotopic (exact) mass is 328 g/mol. The van der Waals surface area contributed by atoms with Crippen molar-refractivity contribution in [2.75, 3.05) is 32.1 Å². The molecule has 19 heavy (non-hydrogen) atoms. The lowest BCUT2D eigenvalue weighted by Crippen LogP contribution is -2.29. The maximum atomic E-state index is 12.2. The average molecular weight is 329 g/mol. The van der Waals surface area contributed by atoms with Crippen molar-refractivity contribution in [1.82, 2.24) is 15.1 Å². The first-order chi connectivity index (χ1) is 9.13. The lowest BCUT2D eigenvalue weighted by atomic mass is 10.3. The summed E-state index contributed by atoms with van der Waals surface area (Å²) >= 11 is 3.42. The van der Waals surface area contributed by atoms with Gasteiger partial charge in [0.15, 0.2) is 0 Å². The predicted molar refractivity (Wildman–Crippen MR) is 80.7 cm³/mol. The van der Waals surface area contributed by atoms with Gasteiger partial charge in [-0.3, -0.25) is 4.79 Å². The third kappa shape index (κ3) is 3.79. The van der Waals surface area contributed by atoms with E-state index in [1.807, 2.05) is 14.1 Å². The van der Waals surface area contributed by atoms with Crippen LogP contribution >= 0.6 is 15.9 Å². The first-order valence-corrected chi connectivity index (χ1v) is 7.54. The summed E-state index contributed by atoms with van der Waals surface area (Å²) in [7, 11) is 3.93. The summed E-state index contributed by atoms with van der Waals surface area (Å²) in [6.45, 7) is 2.61. The Balaban J connectivity index is 2.08. The van der Waals surface area contributed by atoms with Crippen LogP contribution in [0.5, 0.6) is 0 Å². The Morgan fingerprint density at radius 1 is 1.58 bits per heavy atom. The van der Waals surface area contributed by atoms with Crippen LogP contribution in [-0.2, 0) is 6.54 Å². The summed E-state index contributed by atoms with van der Waals surface area (Å²) in [4.78, 5) is 14.3. The number of aromatic nitrogens is 2. The summed E-state index contributed by atoms with van der Waals surface area (Å²) in [5.41, 5.74) is 0.845. The maximum absolute atomic E-state index is 12.2. The highest BCUT2D eigenvalue weighted by Gasteiger charge is 2.23. The van der Waals surface area contributed by atoms with Crippen LogP contribution in [0.25, 0.3) is 0 Å². The second-order valence-electron chi connectivity index (χ2n) is 5.15. The van der Waals surface area contributed by atoms with E-state index in [-0.39, 0.29) is 5.56 Å². The standard InChI is InChI=1S/C13H21BrN4O/c1-15-6-3-7-17(2)11-8-16-18(9-10-4-5-10)13(19)12(11)14/h8,10,15H,3-7,9H2,1-2H3. The van der Waals surface area contributed by atoms with Crippen LogP contribution < -0.4 is 15.8 Å². The van der Waals surface area contributed by atoms with E-state index < -0.39 is 0 Å². The van der Waals surface area contributed by atoms with Crippen molar-refractivity contribution < 1.29 is 0 Å². The second-order valence-corrected chi connectivity index (χ2v) is 5.95. The molecule has 0 unspecified atom stereocenters. The summed E-state index contributed by atoms with van der Waals surface area (Å²) in [6, 6.07) is 0. The molecule has 1 fully saturated rings. The van der Waals surface area contributed by atoms with Gasteiger partial charge in [0, 0.05) is 20.1 Å². The third-order valence-corrected chi connectivity index (χ3v) is 4.17. The van der Waals surface area contributed by atoms with Crippen LogP contribution in [-0.4, -0.2) is 37.0 Å². The molecule has 5 nitrogen and oxygen atoms in total. The number of halogens is 1. The fourth-order valence-electron chi connectivity index (χ4n) is 2.01. The molecule has 1 aromatic heterocycles. The second kappa shape index (κ2) is 6.52. The van der Waals surface area contributed by atoms with E-state index >= 15 is 0 Å². The highest BCUT2D eigenvalue weighted by Crippen LogP contribution is 2.30. The quantitative estimate of drug-likeness (QED) is 0.770. The number of nitrogens with one attached hydrogen (secondary N) is 1. The summed E-state index contributed by atoms with van der Waals surface area (Å²) in [5, 5.41) is 7.40. The summed E-state index contributed by atoms with van der Waals surface area (Å²) in [5.74, 6) is 0.649. The summed E-state index contributed by atoms with van der Waals surface area (Å²) < 4.78 is 2.20. The van der Waals surface area contributed by atoms with Gasteiger partial charge in [-0.15, -0.1) is 0 Å². The van der Waals surface area contributed by atoms with Gasteiger partial charge in [-0.05, 0) is 54.7 Å². The molecule has 0 aromatic carbocycles. The number of hydrogen-bond donors (Lipinski definition) is 1. The van der Waals surface area contributed by atoms with Gasteiger partial charge < -0.3 is 10.2 Å². The molecule has 0 saturated heterocycles. The molecule has 1 aromatic rings. The Morgan fingerprint density at radius 2 is 2.32 bits per heavy atom. The van der Waals surface area contributed by atoms with Gasteiger partial charge >= 0.3 is 0 Å². The smallest absolute Gasteiger partial charge is 0.283 e. The van der Waals surface area contributed by atoms with E-state index in [4.69, 9.17) is 0 Å². The highest BCUT2D eigenvalue weighted by atomic mass is 79.9. The van der Waals surface area contributed by atoms with E-state index in [0.717, 1.165) is 31.7 Å². The van der Waals surface area contributed by atoms with Crippen LogP contribution in [0.4, 0.5) is 5.69 Å². The minimum absolute atomic E-state index is 0.0233. The van der Waals surface area contributed by atoms with Crippen molar-refractivity contribution in [3.05, 3.63) is 21.0 Å². The molecule has 2 rings (SSSR count). The van der Waals surface area contributed by atoms with E-state index in [1.165, 1.54) is 12.8 Å². The van der Waals surface area contributed by atoms with Crippen molar-refractivity contribution >= 4 is 21.6 Å². The van der Waals surface area contributed by atoms with Crippen LogP contribution in [0.2, 0.25) is 0 Å². The number of hydrogen-bond acceptors (Lipinski definition) is 4. The van der Waals surface area contributed by atoms with Gasteiger partial charge in [0.05, 0.1) is 11.9 Å². The fourth-order valence-corrected chi connectivity index (χ4v) is 2.62. The molecule has 0 bridgehead atoms. The molecule has 0 atom stereocenters. The fraction of sp³-hybridized carbons (Fsp3) is 0.692. The molecule has 0 radical (unpaired) electrons. The zero-order valence-corrected chi connectivity index (χ0v) is 13.1. The summed E-state index contributed by atoms with van der Waals surface area (Å²) in [6.07, 6.45) is 5.26. The lowest BCUT2D eigenvalue weighted by Gasteiger charge is -2.20. The topological polar surface area (TPSA) is 50.2 Å². The Bertz CT molecular complexity index is 484. The van der Waals surface area contributed by atoms with Crippen LogP contribution in [0.15, 0.2) is 15.5 Å². The van der Waals surface area contributed by atoms with E-state index in [2.05, 4.69) is 31.2 Å². The Kier molecular flexibility index (Phi) is 4.99. The SMILES string of the molecule is CNCCCN(C)c1cnn(CC2CC2)c(=O)c1Br. The van der Waals surface area contributed by atoms with Gasteiger partial charge in [-0.1, -0.05) is 0 Å². The number of anilines is 1. The Morgan fingerprint density at radius 3 is 2.95 bits per heavy atom. The van der Waals surface area contributed by atoms with Gasteiger partial charge in [-0.25, -0.2) is 4.68 Å². The van der Waals surface area contributed by atoms with Gasteiger partial charge in [0.1, 0.15) is 4.47 Å². The normalized spacial score (nSPS) is 14.7. The van der Waals surface area contributed by atoms with Crippen molar-refractivity contribution in [2.45, 2.75) is 25.8 Å². The molecule has 1 saturated carbocycles. The van der Waals surface area contributed by atoms with Crippen LogP contribution in [0, 0.1) is 5.92 Å². The molecule has 6 heteroatoms. The maximum Gasteiger partial charge on any atom is 0.283 e. The van der Waals surface area contributed by atoms with Crippen molar-refractivity contribution in [3.8, 4) is 0 Å². The molecule has 1 heterocycles. The van der Waals surface area contributed by atoms with Crippen molar-refractivity contribution in [3.63, 3.8) is 0 Å². The average Bonchev–Trinajstić information content (AvgIpc) is 3.19. The first kappa shape index (κ1) is 14.5. The molecule has 1 aliphatic rings. The van der Waals surface area contributed by atoms with Gasteiger partial charge in [0.25, 0.3) is 5.56 Å². The number of rotatable bonds is 7.